The molecule has 24 heavy (non-hydrogen) atoms. The Labute approximate surface area is 145 Å². The summed E-state index contributed by atoms with van der Waals surface area (Å²) in [6.07, 6.45) is 10.2. The number of terminal acetylenes is 1. The van der Waals surface area contributed by atoms with Gasteiger partial charge in [-0.25, -0.2) is 4.98 Å². The van der Waals surface area contributed by atoms with Crippen molar-refractivity contribution in [2.75, 3.05) is 13.7 Å². The van der Waals surface area contributed by atoms with Crippen LogP contribution in [0.1, 0.15) is 15.4 Å². The van der Waals surface area contributed by atoms with Crippen LogP contribution in [0.3, 0.4) is 0 Å². The number of aromatic nitrogens is 1. The third-order valence-electron chi connectivity index (χ3n) is 3.04. The first-order chi connectivity index (χ1) is 11.6. The Bertz CT molecular complexity index is 775. The molecule has 0 spiro atoms. The number of hydrogen-bond acceptors (Lipinski definition) is 5. The molecule has 0 saturated carbocycles. The van der Waals surface area contributed by atoms with Crippen LogP contribution in [-0.2, 0) is 11.3 Å². The zero-order valence-electron chi connectivity index (χ0n) is 13.5. The van der Waals surface area contributed by atoms with Gasteiger partial charge in [0.2, 0.25) is 5.91 Å². The molecule has 0 unspecified atom stereocenters. The molecular weight excluding hydrogens is 324 g/mol. The van der Waals surface area contributed by atoms with Crippen LogP contribution in [-0.4, -0.2) is 24.6 Å². The van der Waals surface area contributed by atoms with Crippen LogP contribution in [0, 0.1) is 19.3 Å². The van der Waals surface area contributed by atoms with Crippen LogP contribution in [0.2, 0.25) is 0 Å². The van der Waals surface area contributed by atoms with E-state index in [-0.39, 0.29) is 12.5 Å². The van der Waals surface area contributed by atoms with E-state index < -0.39 is 0 Å². The number of carbonyl (C=O) groups is 1. The van der Waals surface area contributed by atoms with Crippen LogP contribution < -0.4 is 14.8 Å². The van der Waals surface area contributed by atoms with Crippen molar-refractivity contribution in [3.05, 3.63) is 45.9 Å². The van der Waals surface area contributed by atoms with Crippen LogP contribution >= 0.6 is 11.3 Å². The lowest BCUT2D eigenvalue weighted by Crippen LogP contribution is -2.20. The molecule has 1 amide bonds. The molecule has 0 radical (unpaired) electrons. The highest BCUT2D eigenvalue weighted by atomic mass is 32.1. The summed E-state index contributed by atoms with van der Waals surface area (Å²) in [5, 5.41) is 3.78. The number of hydrogen-bond donors (Lipinski definition) is 1. The Morgan fingerprint density at radius 2 is 2.29 bits per heavy atom. The summed E-state index contributed by atoms with van der Waals surface area (Å²) < 4.78 is 10.7. The molecule has 0 fully saturated rings. The fourth-order valence-corrected chi connectivity index (χ4v) is 2.61. The van der Waals surface area contributed by atoms with Crippen molar-refractivity contribution in [1.82, 2.24) is 10.3 Å². The smallest absolute Gasteiger partial charge is 0.244 e. The highest BCUT2D eigenvalue weighted by Crippen LogP contribution is 2.27. The fourth-order valence-electron chi connectivity index (χ4n) is 1.92. The normalized spacial score (nSPS) is 10.4. The molecule has 0 bridgehead atoms. The molecular formula is C18H18N2O3S. The Kier molecular flexibility index (Phi) is 6.41. The van der Waals surface area contributed by atoms with Gasteiger partial charge in [-0.05, 0) is 30.7 Å². The predicted octanol–water partition coefficient (Wildman–Crippen LogP) is 2.80. The van der Waals surface area contributed by atoms with Gasteiger partial charge in [-0.2, -0.15) is 0 Å². The van der Waals surface area contributed by atoms with Gasteiger partial charge < -0.3 is 14.8 Å². The summed E-state index contributed by atoms with van der Waals surface area (Å²) in [4.78, 5) is 17.0. The first kappa shape index (κ1) is 17.6. The molecule has 0 atom stereocenters. The van der Waals surface area contributed by atoms with Crippen LogP contribution in [0.4, 0.5) is 0 Å². The Hall–Kier alpha value is -2.78. The quantitative estimate of drug-likeness (QED) is 0.621. The highest BCUT2D eigenvalue weighted by molar-refractivity contribution is 7.12. The van der Waals surface area contributed by atoms with Crippen molar-refractivity contribution in [3.8, 4) is 23.8 Å². The molecule has 0 saturated heterocycles. The number of rotatable bonds is 7. The average molecular weight is 342 g/mol. The molecule has 1 aromatic heterocycles. The number of carbonyl (C=O) groups excluding carboxylic acids is 1. The maximum absolute atomic E-state index is 11.9. The molecule has 2 rings (SSSR count). The van der Waals surface area contributed by atoms with Gasteiger partial charge in [0, 0.05) is 23.7 Å². The number of benzene rings is 1. The van der Waals surface area contributed by atoms with Crippen molar-refractivity contribution in [3.63, 3.8) is 0 Å². The summed E-state index contributed by atoms with van der Waals surface area (Å²) in [5.41, 5.74) is 0.887. The lowest BCUT2D eigenvalue weighted by atomic mass is 10.2. The summed E-state index contributed by atoms with van der Waals surface area (Å²) in [6, 6.07) is 5.44. The molecule has 1 heterocycles. The summed E-state index contributed by atoms with van der Waals surface area (Å²) >= 11 is 1.53. The van der Waals surface area contributed by atoms with Gasteiger partial charge >= 0.3 is 0 Å². The van der Waals surface area contributed by atoms with E-state index in [9.17, 15) is 4.79 Å². The summed E-state index contributed by atoms with van der Waals surface area (Å²) in [5.74, 6) is 3.38. The number of thiazole rings is 1. The Balaban J connectivity index is 1.94. The van der Waals surface area contributed by atoms with Gasteiger partial charge in [-0.3, -0.25) is 4.79 Å². The van der Waals surface area contributed by atoms with Gasteiger partial charge in [0.05, 0.1) is 12.1 Å². The van der Waals surface area contributed by atoms with Crippen molar-refractivity contribution in [2.24, 2.45) is 0 Å². The first-order valence-corrected chi connectivity index (χ1v) is 8.05. The second kappa shape index (κ2) is 8.75. The number of nitrogens with one attached hydrogen (secondary N) is 1. The maximum atomic E-state index is 11.9. The van der Waals surface area contributed by atoms with E-state index in [0.717, 1.165) is 15.4 Å². The number of methoxy groups -OCH3 is 1. The standard InChI is InChI=1S/C18H18N2O3S/c1-4-9-23-17-10-14(5-7-16(17)22-3)11-20-18(21)8-6-15-12-19-13(2)24-15/h1,5-8,10,12H,9,11H2,2-3H3,(H,20,21)/b8-6+. The maximum Gasteiger partial charge on any atom is 0.244 e. The van der Waals surface area contributed by atoms with Gasteiger partial charge in [0.15, 0.2) is 11.5 Å². The molecule has 1 N–H and O–H groups in total. The van der Waals surface area contributed by atoms with Crippen molar-refractivity contribution in [1.29, 1.82) is 0 Å². The van der Waals surface area contributed by atoms with E-state index in [2.05, 4.69) is 16.2 Å². The van der Waals surface area contributed by atoms with Crippen molar-refractivity contribution < 1.29 is 14.3 Å². The van der Waals surface area contributed by atoms with E-state index in [1.807, 2.05) is 13.0 Å². The highest BCUT2D eigenvalue weighted by Gasteiger charge is 2.06. The second-order valence-electron chi connectivity index (χ2n) is 4.81. The minimum Gasteiger partial charge on any atom is -0.493 e. The fraction of sp³-hybridized carbons (Fsp3) is 0.222. The number of ether oxygens (including phenoxy) is 2. The predicted molar refractivity (Wildman–Crippen MR) is 95.1 cm³/mol. The van der Waals surface area contributed by atoms with Gasteiger partial charge in [-0.1, -0.05) is 12.0 Å². The second-order valence-corrected chi connectivity index (χ2v) is 6.08. The third-order valence-corrected chi connectivity index (χ3v) is 3.92. The summed E-state index contributed by atoms with van der Waals surface area (Å²) in [6.45, 7) is 2.45. The van der Waals surface area contributed by atoms with Gasteiger partial charge in [0.25, 0.3) is 0 Å². The van der Waals surface area contributed by atoms with E-state index >= 15 is 0 Å². The van der Waals surface area contributed by atoms with Gasteiger partial charge in [0.1, 0.15) is 6.61 Å². The molecule has 2 aromatic rings. The van der Waals surface area contributed by atoms with Gasteiger partial charge in [-0.15, -0.1) is 17.8 Å². The van der Waals surface area contributed by atoms with E-state index in [0.29, 0.717) is 18.0 Å². The Morgan fingerprint density at radius 1 is 1.46 bits per heavy atom. The zero-order valence-corrected chi connectivity index (χ0v) is 14.4. The third kappa shape index (κ3) is 5.14. The average Bonchev–Trinajstić information content (AvgIpc) is 3.01. The van der Waals surface area contributed by atoms with Crippen LogP contribution in [0.15, 0.2) is 30.5 Å². The van der Waals surface area contributed by atoms with E-state index in [1.54, 1.807) is 31.5 Å². The number of aryl methyl sites for hydroxylation is 1. The Morgan fingerprint density at radius 3 is 2.96 bits per heavy atom. The topological polar surface area (TPSA) is 60.5 Å². The SMILES string of the molecule is C#CCOc1cc(CNC(=O)/C=C/c2cnc(C)s2)ccc1OC. The molecule has 0 aliphatic heterocycles. The van der Waals surface area contributed by atoms with Crippen molar-refractivity contribution in [2.45, 2.75) is 13.5 Å². The van der Waals surface area contributed by atoms with E-state index in [1.165, 1.54) is 17.4 Å². The molecule has 5 nitrogen and oxygen atoms in total. The van der Waals surface area contributed by atoms with E-state index in [4.69, 9.17) is 15.9 Å². The minimum atomic E-state index is -0.178. The lowest BCUT2D eigenvalue weighted by Gasteiger charge is -2.11. The summed E-state index contributed by atoms with van der Waals surface area (Å²) in [7, 11) is 1.56. The first-order valence-electron chi connectivity index (χ1n) is 7.24. The molecule has 124 valence electrons. The lowest BCUT2D eigenvalue weighted by molar-refractivity contribution is -0.116. The van der Waals surface area contributed by atoms with Crippen LogP contribution in [0.25, 0.3) is 6.08 Å². The monoisotopic (exact) mass is 342 g/mol. The minimum absolute atomic E-state index is 0.156. The largest absolute Gasteiger partial charge is 0.493 e. The zero-order chi connectivity index (χ0) is 17.4. The molecule has 0 aliphatic rings. The number of nitrogens with zero attached hydrogens (tertiary/aromatic N) is 1. The number of amides is 1. The van der Waals surface area contributed by atoms with Crippen molar-refractivity contribution >= 4 is 23.3 Å². The molecule has 6 heteroatoms. The molecule has 0 aliphatic carbocycles. The molecule has 1 aromatic carbocycles. The van der Waals surface area contributed by atoms with Crippen LogP contribution in [0.5, 0.6) is 11.5 Å².